The molecule has 15 heavy (non-hydrogen) atoms. The topological polar surface area (TPSA) is 22.1 Å². The summed E-state index contributed by atoms with van der Waals surface area (Å²) in [6.45, 7) is 0. The number of hydrogen-bond acceptors (Lipinski definition) is 2. The van der Waals surface area contributed by atoms with Gasteiger partial charge in [0, 0.05) is 12.3 Å². The van der Waals surface area contributed by atoms with E-state index in [1.165, 1.54) is 32.1 Å². The van der Waals surface area contributed by atoms with Crippen molar-refractivity contribution in [2.24, 2.45) is 0 Å². The van der Waals surface area contributed by atoms with Crippen LogP contribution in [0.5, 0.6) is 5.75 Å². The summed E-state index contributed by atoms with van der Waals surface area (Å²) >= 11 is 5.72. The lowest BCUT2D eigenvalue weighted by Crippen LogP contribution is -2.19. The first-order chi connectivity index (χ1) is 7.38. The maximum atomic E-state index is 5.90. The van der Waals surface area contributed by atoms with Crippen LogP contribution in [0.4, 0.5) is 0 Å². The molecule has 1 saturated carbocycles. The minimum absolute atomic E-state index is 0.393. The SMILES string of the molecule is ClCc1cc(OC2CCCCC2)ccn1. The number of ether oxygens (including phenoxy) is 1. The number of aromatic nitrogens is 1. The Bertz CT molecular complexity index is 310. The van der Waals surface area contributed by atoms with Crippen molar-refractivity contribution in [2.45, 2.75) is 44.1 Å². The van der Waals surface area contributed by atoms with Gasteiger partial charge in [-0.1, -0.05) is 6.42 Å². The first kappa shape index (κ1) is 10.7. The van der Waals surface area contributed by atoms with Crippen molar-refractivity contribution in [2.75, 3.05) is 0 Å². The molecule has 82 valence electrons. The largest absolute Gasteiger partial charge is 0.490 e. The average Bonchev–Trinajstić information content (AvgIpc) is 2.31. The Morgan fingerprint density at radius 3 is 2.87 bits per heavy atom. The number of alkyl halides is 1. The lowest BCUT2D eigenvalue weighted by Gasteiger charge is -2.23. The van der Waals surface area contributed by atoms with Gasteiger partial charge in [-0.25, -0.2) is 0 Å². The predicted octanol–water partition coefficient (Wildman–Crippen LogP) is 3.53. The maximum Gasteiger partial charge on any atom is 0.123 e. The summed E-state index contributed by atoms with van der Waals surface area (Å²) < 4.78 is 5.90. The predicted molar refractivity (Wildman–Crippen MR) is 61.3 cm³/mol. The Morgan fingerprint density at radius 2 is 2.13 bits per heavy atom. The molecule has 0 amide bonds. The number of pyridine rings is 1. The van der Waals surface area contributed by atoms with E-state index < -0.39 is 0 Å². The second-order valence-corrected chi connectivity index (χ2v) is 4.26. The molecule has 0 atom stereocenters. The summed E-state index contributed by atoms with van der Waals surface area (Å²) in [6.07, 6.45) is 8.44. The van der Waals surface area contributed by atoms with Crippen molar-refractivity contribution in [3.63, 3.8) is 0 Å². The van der Waals surface area contributed by atoms with Crippen LogP contribution in [0.15, 0.2) is 18.3 Å². The van der Waals surface area contributed by atoms with E-state index in [0.29, 0.717) is 12.0 Å². The van der Waals surface area contributed by atoms with Crippen LogP contribution in [0.25, 0.3) is 0 Å². The van der Waals surface area contributed by atoms with Crippen molar-refractivity contribution in [3.05, 3.63) is 24.0 Å². The van der Waals surface area contributed by atoms with Crippen LogP contribution in [0, 0.1) is 0 Å². The molecule has 0 bridgehead atoms. The molecule has 2 nitrogen and oxygen atoms in total. The van der Waals surface area contributed by atoms with E-state index in [1.54, 1.807) is 6.20 Å². The standard InChI is InChI=1S/C12H16ClNO/c13-9-10-8-12(6-7-14-10)15-11-4-2-1-3-5-11/h6-8,11H,1-5,9H2. The number of halogens is 1. The number of hydrogen-bond donors (Lipinski definition) is 0. The molecular formula is C12H16ClNO. The summed E-state index contributed by atoms with van der Waals surface area (Å²) in [5.41, 5.74) is 0.880. The summed E-state index contributed by atoms with van der Waals surface area (Å²) in [6, 6.07) is 3.84. The molecule has 1 aliphatic rings. The third kappa shape index (κ3) is 3.10. The second-order valence-electron chi connectivity index (χ2n) is 3.99. The molecule has 1 aliphatic carbocycles. The highest BCUT2D eigenvalue weighted by Gasteiger charge is 2.14. The zero-order valence-electron chi connectivity index (χ0n) is 8.79. The van der Waals surface area contributed by atoms with Gasteiger partial charge in [0.1, 0.15) is 5.75 Å². The quantitative estimate of drug-likeness (QED) is 0.735. The zero-order valence-corrected chi connectivity index (χ0v) is 9.54. The molecule has 0 spiro atoms. The van der Waals surface area contributed by atoms with Gasteiger partial charge in [-0.3, -0.25) is 4.98 Å². The van der Waals surface area contributed by atoms with E-state index in [9.17, 15) is 0 Å². The molecule has 0 unspecified atom stereocenters. The Labute approximate surface area is 95.6 Å². The molecule has 1 aromatic heterocycles. The van der Waals surface area contributed by atoms with Gasteiger partial charge in [0.05, 0.1) is 17.7 Å². The number of nitrogens with zero attached hydrogens (tertiary/aromatic N) is 1. The molecule has 1 aromatic rings. The molecule has 0 aromatic carbocycles. The van der Waals surface area contributed by atoms with Crippen LogP contribution in [0.3, 0.4) is 0 Å². The molecule has 0 aliphatic heterocycles. The smallest absolute Gasteiger partial charge is 0.123 e. The lowest BCUT2D eigenvalue weighted by atomic mass is 9.98. The van der Waals surface area contributed by atoms with Gasteiger partial charge >= 0.3 is 0 Å². The first-order valence-corrected chi connectivity index (χ1v) is 6.09. The number of rotatable bonds is 3. The third-order valence-corrected chi connectivity index (χ3v) is 3.05. The van der Waals surface area contributed by atoms with Gasteiger partial charge in [-0.05, 0) is 31.7 Å². The molecule has 1 fully saturated rings. The van der Waals surface area contributed by atoms with Gasteiger partial charge < -0.3 is 4.74 Å². The monoisotopic (exact) mass is 225 g/mol. The van der Waals surface area contributed by atoms with Crippen LogP contribution in [0.2, 0.25) is 0 Å². The van der Waals surface area contributed by atoms with Crippen molar-refractivity contribution < 1.29 is 4.74 Å². The lowest BCUT2D eigenvalue weighted by molar-refractivity contribution is 0.155. The van der Waals surface area contributed by atoms with Crippen molar-refractivity contribution in [1.29, 1.82) is 0 Å². The van der Waals surface area contributed by atoms with Gasteiger partial charge in [0.15, 0.2) is 0 Å². The third-order valence-electron chi connectivity index (χ3n) is 2.78. The van der Waals surface area contributed by atoms with E-state index in [0.717, 1.165) is 11.4 Å². The Hall–Kier alpha value is -0.760. The summed E-state index contributed by atoms with van der Waals surface area (Å²) in [5.74, 6) is 1.36. The molecule has 1 heterocycles. The highest BCUT2D eigenvalue weighted by atomic mass is 35.5. The minimum atomic E-state index is 0.393. The van der Waals surface area contributed by atoms with Crippen LogP contribution in [-0.4, -0.2) is 11.1 Å². The van der Waals surface area contributed by atoms with Crippen LogP contribution >= 0.6 is 11.6 Å². The van der Waals surface area contributed by atoms with Crippen molar-refractivity contribution >= 4 is 11.6 Å². The second kappa shape index (κ2) is 5.36. The van der Waals surface area contributed by atoms with Crippen molar-refractivity contribution in [3.8, 4) is 5.75 Å². The van der Waals surface area contributed by atoms with Crippen LogP contribution in [0.1, 0.15) is 37.8 Å². The summed E-state index contributed by atoms with van der Waals surface area (Å²) in [7, 11) is 0. The van der Waals surface area contributed by atoms with E-state index in [-0.39, 0.29) is 0 Å². The molecule has 0 saturated heterocycles. The first-order valence-electron chi connectivity index (χ1n) is 5.56. The Balaban J connectivity index is 1.96. The normalized spacial score (nSPS) is 17.7. The molecule has 0 radical (unpaired) electrons. The summed E-state index contributed by atoms with van der Waals surface area (Å²) in [4.78, 5) is 4.14. The van der Waals surface area contributed by atoms with E-state index in [1.807, 2.05) is 12.1 Å². The zero-order chi connectivity index (χ0) is 10.5. The van der Waals surface area contributed by atoms with E-state index in [2.05, 4.69) is 4.98 Å². The van der Waals surface area contributed by atoms with Gasteiger partial charge in [-0.2, -0.15) is 0 Å². The molecule has 3 heteroatoms. The van der Waals surface area contributed by atoms with Gasteiger partial charge in [0.2, 0.25) is 0 Å². The Morgan fingerprint density at radius 1 is 1.33 bits per heavy atom. The molecule has 2 rings (SSSR count). The fourth-order valence-corrected chi connectivity index (χ4v) is 2.12. The highest BCUT2D eigenvalue weighted by molar-refractivity contribution is 6.16. The molecular weight excluding hydrogens is 210 g/mol. The average molecular weight is 226 g/mol. The van der Waals surface area contributed by atoms with E-state index >= 15 is 0 Å². The van der Waals surface area contributed by atoms with Crippen LogP contribution in [-0.2, 0) is 5.88 Å². The van der Waals surface area contributed by atoms with Crippen molar-refractivity contribution in [1.82, 2.24) is 4.98 Å². The Kier molecular flexibility index (Phi) is 3.84. The highest BCUT2D eigenvalue weighted by Crippen LogP contribution is 2.23. The summed E-state index contributed by atoms with van der Waals surface area (Å²) in [5, 5.41) is 0. The van der Waals surface area contributed by atoms with Gasteiger partial charge in [-0.15, -0.1) is 11.6 Å². The fraction of sp³-hybridized carbons (Fsp3) is 0.583. The fourth-order valence-electron chi connectivity index (χ4n) is 1.98. The minimum Gasteiger partial charge on any atom is -0.490 e. The van der Waals surface area contributed by atoms with E-state index in [4.69, 9.17) is 16.3 Å². The van der Waals surface area contributed by atoms with Crippen LogP contribution < -0.4 is 4.74 Å². The maximum absolute atomic E-state index is 5.90. The van der Waals surface area contributed by atoms with Gasteiger partial charge in [0.25, 0.3) is 0 Å². The molecule has 0 N–H and O–H groups in total.